The number of nitrogens with zero attached hydrogens (tertiary/aromatic N) is 6. The number of hydrogen-bond donors (Lipinski definition) is 3. The van der Waals surface area contributed by atoms with Crippen molar-refractivity contribution in [3.8, 4) is 11.3 Å². The van der Waals surface area contributed by atoms with Crippen LogP contribution >= 0.6 is 0 Å². The summed E-state index contributed by atoms with van der Waals surface area (Å²) < 4.78 is 21.2. The van der Waals surface area contributed by atoms with Gasteiger partial charge in [0.15, 0.2) is 5.54 Å². The number of H-pyrrole nitrogens is 2. The van der Waals surface area contributed by atoms with Gasteiger partial charge in [0.05, 0.1) is 29.8 Å². The van der Waals surface area contributed by atoms with Crippen LogP contribution in [0.1, 0.15) is 34.6 Å². The minimum Gasteiger partial charge on any atom is -0.405 e. The molecule has 5 heterocycles. The first kappa shape index (κ1) is 22.4. The van der Waals surface area contributed by atoms with Gasteiger partial charge in [0.25, 0.3) is 0 Å². The van der Waals surface area contributed by atoms with Crippen LogP contribution in [0, 0.1) is 5.82 Å². The normalized spacial score (nSPS) is 19.7. The third-order valence-corrected chi connectivity index (χ3v) is 7.51. The average molecular weight is 510 g/mol. The number of likely N-dealkylation sites (N-methyl/N-ethyl adjacent to an activating group) is 1. The van der Waals surface area contributed by atoms with Crippen LogP contribution in [0.25, 0.3) is 22.2 Å². The van der Waals surface area contributed by atoms with Crippen molar-refractivity contribution >= 4 is 16.9 Å². The fourth-order valence-electron chi connectivity index (χ4n) is 5.74. The Kier molecular flexibility index (Phi) is 4.79. The highest BCUT2D eigenvalue weighted by atomic mass is 19.1. The molecule has 6 aromatic rings. The van der Waals surface area contributed by atoms with Gasteiger partial charge in [-0.15, -0.1) is 5.10 Å². The molecule has 0 saturated heterocycles. The van der Waals surface area contributed by atoms with Gasteiger partial charge in [0.1, 0.15) is 11.6 Å². The van der Waals surface area contributed by atoms with Gasteiger partial charge in [-0.2, -0.15) is 5.10 Å². The molecule has 0 amide bonds. The second kappa shape index (κ2) is 8.12. The minimum atomic E-state index is -1.03. The largest absolute Gasteiger partial charge is 0.405 e. The zero-order chi connectivity index (χ0) is 26.0. The lowest BCUT2D eigenvalue weighted by Gasteiger charge is -2.46. The molecule has 0 saturated carbocycles. The van der Waals surface area contributed by atoms with Crippen molar-refractivity contribution in [2.24, 2.45) is 7.05 Å². The first-order valence-electron chi connectivity index (χ1n) is 12.2. The number of nitrogens with two attached hydrogens (primary N) is 1. The number of fused-ring (bicyclic) bond motifs is 3. The van der Waals surface area contributed by atoms with Gasteiger partial charge in [-0.25, -0.2) is 9.37 Å². The summed E-state index contributed by atoms with van der Waals surface area (Å²) in [7, 11) is 3.87. The summed E-state index contributed by atoms with van der Waals surface area (Å²) in [5, 5.41) is 14.0. The summed E-state index contributed by atoms with van der Waals surface area (Å²) in [6.45, 7) is 0. The molecule has 0 aliphatic carbocycles. The van der Waals surface area contributed by atoms with Crippen molar-refractivity contribution in [1.82, 2.24) is 39.8 Å². The molecule has 190 valence electrons. The molecular weight excluding hydrogens is 485 g/mol. The number of para-hydroxylation sites is 1. The Morgan fingerprint density at radius 1 is 1.05 bits per heavy atom. The zero-order valence-corrected chi connectivity index (χ0v) is 20.7. The van der Waals surface area contributed by atoms with Crippen molar-refractivity contribution in [3.05, 3.63) is 101 Å². The predicted molar refractivity (Wildman–Crippen MR) is 138 cm³/mol. The molecule has 0 bridgehead atoms. The minimum absolute atomic E-state index is 0.0203. The van der Waals surface area contributed by atoms with Crippen LogP contribution in [0.4, 0.5) is 10.4 Å². The number of hydrogen-bond acceptors (Lipinski definition) is 7. The van der Waals surface area contributed by atoms with Crippen LogP contribution in [0.3, 0.4) is 0 Å². The number of aryl methyl sites for hydroxylation is 1. The lowest BCUT2D eigenvalue weighted by atomic mass is 9.77. The van der Waals surface area contributed by atoms with Crippen LogP contribution in [0.15, 0.2) is 71.5 Å². The lowest BCUT2D eigenvalue weighted by Crippen LogP contribution is -2.52. The highest BCUT2D eigenvalue weighted by molar-refractivity contribution is 5.86. The lowest BCUT2D eigenvalue weighted by molar-refractivity contribution is 0.0877. The molecule has 1 aliphatic rings. The Morgan fingerprint density at radius 2 is 1.87 bits per heavy atom. The molecule has 4 aromatic heterocycles. The van der Waals surface area contributed by atoms with E-state index in [0.29, 0.717) is 12.3 Å². The zero-order valence-electron chi connectivity index (χ0n) is 20.7. The second-order valence-corrected chi connectivity index (χ2v) is 9.60. The van der Waals surface area contributed by atoms with Gasteiger partial charge in [-0.3, -0.25) is 9.58 Å². The summed E-state index contributed by atoms with van der Waals surface area (Å²) in [5.41, 5.74) is 10.4. The maximum atomic E-state index is 13.5. The number of rotatable bonds is 4. The molecule has 11 heteroatoms. The van der Waals surface area contributed by atoms with Gasteiger partial charge in [0, 0.05) is 29.7 Å². The van der Waals surface area contributed by atoms with Crippen LogP contribution in [0.5, 0.6) is 0 Å². The summed E-state index contributed by atoms with van der Waals surface area (Å²) in [4.78, 5) is 14.1. The van der Waals surface area contributed by atoms with E-state index in [4.69, 9.17) is 15.1 Å². The van der Waals surface area contributed by atoms with E-state index < -0.39 is 5.54 Å². The Labute approximate surface area is 216 Å². The smallest absolute Gasteiger partial charge is 0.312 e. The number of anilines is 1. The van der Waals surface area contributed by atoms with Crippen LogP contribution in [0.2, 0.25) is 0 Å². The first-order valence-corrected chi connectivity index (χ1v) is 12.2. The Morgan fingerprint density at radius 3 is 2.61 bits per heavy atom. The molecule has 0 spiro atoms. The summed E-state index contributed by atoms with van der Waals surface area (Å²) in [6, 6.07) is 14.3. The molecular formula is C27H24FN9O. The van der Waals surface area contributed by atoms with Crippen LogP contribution in [-0.2, 0) is 19.0 Å². The highest BCUT2D eigenvalue weighted by Crippen LogP contribution is 2.51. The molecule has 4 N–H and O–H groups in total. The summed E-state index contributed by atoms with van der Waals surface area (Å²) in [6.07, 6.45) is 6.19. The fourth-order valence-corrected chi connectivity index (χ4v) is 5.74. The number of halogens is 1. The Hall–Kier alpha value is -4.77. The van der Waals surface area contributed by atoms with Crippen LogP contribution in [-0.4, -0.2) is 46.9 Å². The quantitative estimate of drug-likeness (QED) is 0.328. The number of aromatic amines is 2. The Bertz CT molecular complexity index is 1740. The number of nitrogen functional groups attached to an aromatic ring is 1. The monoisotopic (exact) mass is 509 g/mol. The average Bonchev–Trinajstić information content (AvgIpc) is 3.71. The molecule has 0 radical (unpaired) electrons. The van der Waals surface area contributed by atoms with E-state index in [1.807, 2.05) is 32.4 Å². The van der Waals surface area contributed by atoms with Crippen LogP contribution < -0.4 is 5.73 Å². The van der Waals surface area contributed by atoms with E-state index in [2.05, 4.69) is 42.3 Å². The summed E-state index contributed by atoms with van der Waals surface area (Å²) >= 11 is 0. The van der Waals surface area contributed by atoms with Crippen molar-refractivity contribution in [1.29, 1.82) is 0 Å². The van der Waals surface area contributed by atoms with Gasteiger partial charge >= 0.3 is 6.01 Å². The number of aromatic nitrogens is 7. The topological polar surface area (TPSA) is 130 Å². The fraction of sp³-hybridized carbons (Fsp3) is 0.185. The number of benzene rings is 2. The van der Waals surface area contributed by atoms with Gasteiger partial charge in [-0.05, 0) is 54.9 Å². The Balaban J connectivity index is 1.48. The molecule has 7 rings (SSSR count). The molecule has 2 unspecified atom stereocenters. The van der Waals surface area contributed by atoms with Gasteiger partial charge in [0.2, 0.25) is 5.89 Å². The van der Waals surface area contributed by atoms with Crippen molar-refractivity contribution < 1.29 is 8.81 Å². The molecule has 10 nitrogen and oxygen atoms in total. The molecule has 38 heavy (non-hydrogen) atoms. The number of imidazole rings is 1. The molecule has 2 atom stereocenters. The first-order chi connectivity index (χ1) is 18.4. The third-order valence-electron chi connectivity index (χ3n) is 7.51. The molecule has 2 aromatic carbocycles. The SMILES string of the molecule is CN1C(c2ncc(-c3ccc(F)cc3)[nH]2)Cc2c([nH]c3ccccc23)C1(c1cnn(C)c1)c1nnc(N)o1. The maximum absolute atomic E-state index is 13.5. The van der Waals surface area contributed by atoms with E-state index >= 15 is 0 Å². The maximum Gasteiger partial charge on any atom is 0.312 e. The van der Waals surface area contributed by atoms with Crippen molar-refractivity contribution in [3.63, 3.8) is 0 Å². The molecule has 1 aliphatic heterocycles. The highest BCUT2D eigenvalue weighted by Gasteiger charge is 2.54. The van der Waals surface area contributed by atoms with E-state index in [1.54, 1.807) is 29.2 Å². The van der Waals surface area contributed by atoms with E-state index in [1.165, 1.54) is 12.1 Å². The third kappa shape index (κ3) is 3.15. The van der Waals surface area contributed by atoms with E-state index in [-0.39, 0.29) is 17.9 Å². The van der Waals surface area contributed by atoms with Gasteiger partial charge in [-0.1, -0.05) is 23.3 Å². The van der Waals surface area contributed by atoms with E-state index in [9.17, 15) is 4.39 Å². The van der Waals surface area contributed by atoms with Gasteiger partial charge < -0.3 is 20.1 Å². The molecule has 0 fully saturated rings. The van der Waals surface area contributed by atoms with E-state index in [0.717, 1.165) is 44.8 Å². The summed E-state index contributed by atoms with van der Waals surface area (Å²) in [5.74, 6) is 0.796. The second-order valence-electron chi connectivity index (χ2n) is 9.60. The van der Waals surface area contributed by atoms with Crippen molar-refractivity contribution in [2.45, 2.75) is 18.0 Å². The standard InChI is InChI=1S/C27H24FN9O/c1-36-14-16(12-31-36)27(25-34-35-26(29)38-25)23-19(18-5-3-4-6-20(18)32-23)11-22(37(27)2)24-30-13-21(33-24)15-7-9-17(28)10-8-15/h3-10,12-14,22,32H,11H2,1-2H3,(H2,29,35)(H,30,33). The predicted octanol–water partition coefficient (Wildman–Crippen LogP) is 3.92. The number of nitrogens with one attached hydrogen (secondary N) is 2. The van der Waals surface area contributed by atoms with Crippen molar-refractivity contribution in [2.75, 3.05) is 12.8 Å².